The summed E-state index contributed by atoms with van der Waals surface area (Å²) < 4.78 is 63.4. The second kappa shape index (κ2) is 5.79. The average molecular weight is 269 g/mol. The third-order valence-electron chi connectivity index (χ3n) is 1.01. The van der Waals surface area contributed by atoms with Crippen LogP contribution in [0.5, 0.6) is 0 Å². The first-order chi connectivity index (χ1) is 7.60. The van der Waals surface area contributed by atoms with Gasteiger partial charge in [0.15, 0.2) is 0 Å². The molecule has 0 fully saturated rings. The molecule has 0 aliphatic rings. The van der Waals surface area contributed by atoms with E-state index in [-0.39, 0.29) is 0 Å². The number of hydrogen-bond acceptors (Lipinski definition) is 4. The molecule has 7 nitrogen and oxygen atoms in total. The summed E-state index contributed by atoms with van der Waals surface area (Å²) in [6.07, 6.45) is 0. The molecule has 0 spiro atoms. The molecule has 0 heterocycles. The van der Waals surface area contributed by atoms with Crippen LogP contribution >= 0.6 is 0 Å². The number of rotatable bonds is 2. The molecule has 1 amide bonds. The number of halogens is 3. The molecule has 0 rings (SSSR count). The Balaban J connectivity index is 5.32. The molecule has 0 unspecified atom stereocenters. The van der Waals surface area contributed by atoms with Crippen molar-refractivity contribution in [3.63, 3.8) is 0 Å². The minimum absolute atomic E-state index is 0.556. The van der Waals surface area contributed by atoms with Crippen molar-refractivity contribution >= 4 is 36.9 Å². The van der Waals surface area contributed by atoms with Gasteiger partial charge in [-0.1, -0.05) is 0 Å². The monoisotopic (exact) mass is 269 g/mol. The Kier molecular flexibility index (Phi) is 5.32. The molecule has 0 aliphatic carbocycles. The quantitative estimate of drug-likeness (QED) is 0.415. The van der Waals surface area contributed by atoms with E-state index in [1.807, 2.05) is 0 Å². The Hall–Kier alpha value is -1.39. The zero-order valence-electron chi connectivity index (χ0n) is 8.22. The predicted molar refractivity (Wildman–Crippen MR) is 51.9 cm³/mol. The maximum atomic E-state index is 11.9. The van der Waals surface area contributed by atoms with E-state index in [4.69, 9.17) is 0 Å². The van der Waals surface area contributed by atoms with Crippen LogP contribution in [-0.2, 0) is 14.7 Å². The maximum absolute atomic E-state index is 11.9. The van der Waals surface area contributed by atoms with Crippen LogP contribution < -0.4 is 5.32 Å². The van der Waals surface area contributed by atoms with Gasteiger partial charge in [-0.05, 0) is 0 Å². The van der Waals surface area contributed by atoms with Crippen molar-refractivity contribution in [3.8, 4) is 0 Å². The Morgan fingerprint density at radius 3 is 2.35 bits per heavy atom. The van der Waals surface area contributed by atoms with Gasteiger partial charge in [-0.25, -0.2) is 0 Å². The van der Waals surface area contributed by atoms with Crippen LogP contribution in [0.2, 0.25) is 0 Å². The fourth-order valence-electron chi connectivity index (χ4n) is 0.457. The van der Waals surface area contributed by atoms with Crippen molar-refractivity contribution in [2.75, 3.05) is 7.11 Å². The molecule has 0 saturated heterocycles. The summed E-state index contributed by atoms with van der Waals surface area (Å²) in [6, 6.07) is 0. The average Bonchev–Trinajstić information content (AvgIpc) is 2.10. The molecule has 0 aliphatic heterocycles. The fourth-order valence-corrected chi connectivity index (χ4v) is 0.881. The Bertz CT molecular complexity index is 445. The molecule has 17 heavy (non-hydrogen) atoms. The van der Waals surface area contributed by atoms with Gasteiger partial charge in [0.1, 0.15) is 0 Å². The van der Waals surface area contributed by atoms with Crippen LogP contribution in [0, 0.1) is 0 Å². The predicted octanol–water partition coefficient (Wildman–Crippen LogP) is -0.481. The fraction of sp³-hybridized carbons (Fsp3) is 0.500. The van der Waals surface area contributed by atoms with E-state index in [1.54, 1.807) is 0 Å². The van der Waals surface area contributed by atoms with Gasteiger partial charge < -0.3 is 0 Å². The second-order valence-electron chi connectivity index (χ2n) is 2.30. The van der Waals surface area contributed by atoms with Crippen LogP contribution in [0.25, 0.3) is 0 Å². The van der Waals surface area contributed by atoms with E-state index in [9.17, 15) is 26.4 Å². The molecule has 2 radical (unpaired) electrons. The van der Waals surface area contributed by atoms with Crippen molar-refractivity contribution in [2.24, 2.45) is 9.29 Å². The molecule has 0 bridgehead atoms. The summed E-state index contributed by atoms with van der Waals surface area (Å²) in [7, 11) is 0.390. The first kappa shape index (κ1) is 15.6. The standard InChI is InChI=1S/C4H4B2F3N3O4S/c1-16-6-11-3(10-2(5)13)12-17(14,15)4(7,8)9/h1H3,(H,10,12,13). The third kappa shape index (κ3) is 5.47. The molecular weight excluding hydrogens is 265 g/mol. The number of nitrogens with zero attached hydrogens (tertiary/aromatic N) is 2. The Morgan fingerprint density at radius 2 is 2.00 bits per heavy atom. The van der Waals surface area contributed by atoms with Crippen LogP contribution in [0.15, 0.2) is 9.29 Å². The molecule has 1 N–H and O–H groups in total. The normalized spacial score (nSPS) is 13.3. The molecule has 0 saturated carbocycles. The Labute approximate surface area is 95.9 Å². The molecule has 13 heteroatoms. The molecule has 0 atom stereocenters. The molecule has 0 aromatic heterocycles. The van der Waals surface area contributed by atoms with Crippen molar-refractivity contribution in [1.29, 1.82) is 0 Å². The van der Waals surface area contributed by atoms with Crippen LogP contribution in [0.4, 0.5) is 18.0 Å². The van der Waals surface area contributed by atoms with Crippen LogP contribution in [0.3, 0.4) is 0 Å². The van der Waals surface area contributed by atoms with Gasteiger partial charge in [-0.2, -0.15) is 0 Å². The first-order valence-corrected chi connectivity index (χ1v) is 5.07. The van der Waals surface area contributed by atoms with Gasteiger partial charge in [0, 0.05) is 0 Å². The zero-order chi connectivity index (χ0) is 13.7. The van der Waals surface area contributed by atoms with Gasteiger partial charge in [0.05, 0.1) is 0 Å². The van der Waals surface area contributed by atoms with Gasteiger partial charge >= 0.3 is 95.2 Å². The summed E-state index contributed by atoms with van der Waals surface area (Å²) in [5.41, 5.74) is -5.61. The van der Waals surface area contributed by atoms with E-state index < -0.39 is 27.3 Å². The molecule has 92 valence electrons. The van der Waals surface area contributed by atoms with Crippen molar-refractivity contribution in [2.45, 2.75) is 5.51 Å². The number of guanidine groups is 1. The van der Waals surface area contributed by atoms with E-state index in [0.29, 0.717) is 7.27 Å². The molecule has 0 aromatic rings. The number of amides is 1. The second-order valence-corrected chi connectivity index (χ2v) is 3.89. The van der Waals surface area contributed by atoms with Crippen molar-refractivity contribution in [1.82, 2.24) is 5.32 Å². The number of carbonyl (C=O) groups is 1. The zero-order valence-corrected chi connectivity index (χ0v) is 9.04. The SMILES string of the molecule is [B]C(=O)NC(N=BOC)=NS(=O)(=O)C(F)(F)F. The number of nitrogens with one attached hydrogen (secondary N) is 1. The van der Waals surface area contributed by atoms with Gasteiger partial charge in [0.25, 0.3) is 0 Å². The third-order valence-corrected chi connectivity index (χ3v) is 2.01. The first-order valence-electron chi connectivity index (χ1n) is 3.63. The summed E-state index contributed by atoms with van der Waals surface area (Å²) in [5, 5.41) is 1.47. The van der Waals surface area contributed by atoms with E-state index >= 15 is 0 Å². The topological polar surface area (TPSA) is 97.2 Å². The minimum atomic E-state index is -5.82. The van der Waals surface area contributed by atoms with Gasteiger partial charge in [-0.3, -0.25) is 0 Å². The van der Waals surface area contributed by atoms with E-state index in [1.165, 1.54) is 5.32 Å². The molecular formula is C4H4B2F3N3O4S. The van der Waals surface area contributed by atoms with Crippen molar-refractivity contribution < 1.29 is 31.0 Å². The number of hydrogen-bond donors (Lipinski definition) is 1. The Morgan fingerprint density at radius 1 is 1.47 bits per heavy atom. The number of carbonyl (C=O) groups excluding carboxylic acids is 1. The molecule has 0 aromatic carbocycles. The van der Waals surface area contributed by atoms with Crippen molar-refractivity contribution in [3.05, 3.63) is 0 Å². The van der Waals surface area contributed by atoms with Crippen LogP contribution in [-0.4, -0.2) is 47.9 Å². The summed E-state index contributed by atoms with van der Waals surface area (Å²) in [6.45, 7) is 0. The van der Waals surface area contributed by atoms with Gasteiger partial charge in [-0.15, -0.1) is 0 Å². The van der Waals surface area contributed by atoms with E-state index in [2.05, 4.69) is 21.8 Å². The van der Waals surface area contributed by atoms with Crippen LogP contribution in [0.1, 0.15) is 0 Å². The van der Waals surface area contributed by atoms with Gasteiger partial charge in [0.2, 0.25) is 0 Å². The summed E-state index contributed by atoms with van der Waals surface area (Å²) >= 11 is 0. The number of alkyl halides is 3. The number of sulfonamides is 1. The summed E-state index contributed by atoms with van der Waals surface area (Å²) in [5.74, 6) is -2.51. The van der Waals surface area contributed by atoms with E-state index in [0.717, 1.165) is 7.11 Å². The summed E-state index contributed by atoms with van der Waals surface area (Å²) in [4.78, 5) is 13.3.